The number of hydrogen-bond donors (Lipinski definition) is 2. The number of carbonyl (C=O) groups is 2. The van der Waals surface area contributed by atoms with Crippen LogP contribution in [-0.4, -0.2) is 35.1 Å². The second kappa shape index (κ2) is 6.97. The zero-order valence-corrected chi connectivity index (χ0v) is 11.5. The summed E-state index contributed by atoms with van der Waals surface area (Å²) in [5.41, 5.74) is 5.37. The summed E-state index contributed by atoms with van der Waals surface area (Å²) < 4.78 is 31.0. The number of carboxylic acid groups (broad SMARTS) is 1. The molecule has 0 amide bonds. The van der Waals surface area contributed by atoms with Crippen molar-refractivity contribution in [1.29, 1.82) is 0 Å². The minimum Gasteiger partial charge on any atom is -0.480 e. The normalized spacial score (nSPS) is 22.0. The van der Waals surface area contributed by atoms with Crippen LogP contribution < -0.4 is 5.73 Å². The molecule has 0 bridgehead atoms. The summed E-state index contributed by atoms with van der Waals surface area (Å²) >= 11 is 0. The molecule has 0 heterocycles. The Morgan fingerprint density at radius 1 is 1.40 bits per heavy atom. The molecule has 0 aromatic rings. The van der Waals surface area contributed by atoms with Gasteiger partial charge in [0.25, 0.3) is 0 Å². The average molecular weight is 293 g/mol. The van der Waals surface area contributed by atoms with Crippen molar-refractivity contribution in [1.82, 2.24) is 0 Å². The fraction of sp³-hybridized carbons (Fsp3) is 0.846. The van der Waals surface area contributed by atoms with Gasteiger partial charge in [-0.2, -0.15) is 0 Å². The Kier molecular flexibility index (Phi) is 5.86. The van der Waals surface area contributed by atoms with Gasteiger partial charge in [0, 0.05) is 19.3 Å². The Labute approximate surface area is 116 Å². The lowest BCUT2D eigenvalue weighted by Gasteiger charge is -2.28. The first-order chi connectivity index (χ1) is 9.19. The Morgan fingerprint density at radius 3 is 2.45 bits per heavy atom. The third-order valence-corrected chi connectivity index (χ3v) is 3.45. The summed E-state index contributed by atoms with van der Waals surface area (Å²) in [6.45, 7) is 1.71. The molecule has 0 aromatic carbocycles. The van der Waals surface area contributed by atoms with Gasteiger partial charge in [-0.1, -0.05) is 6.92 Å². The van der Waals surface area contributed by atoms with E-state index >= 15 is 0 Å². The molecule has 0 spiro atoms. The third-order valence-electron chi connectivity index (χ3n) is 3.45. The van der Waals surface area contributed by atoms with E-state index in [-0.39, 0.29) is 44.4 Å². The van der Waals surface area contributed by atoms with Crippen LogP contribution in [0.1, 0.15) is 45.4 Å². The van der Waals surface area contributed by atoms with Crippen LogP contribution in [0.25, 0.3) is 0 Å². The molecule has 0 radical (unpaired) electrons. The van der Waals surface area contributed by atoms with Gasteiger partial charge >= 0.3 is 11.9 Å². The molecule has 1 rings (SSSR count). The number of aliphatic carboxylic acids is 1. The Morgan fingerprint density at radius 2 is 1.95 bits per heavy atom. The molecule has 1 aliphatic carbocycles. The second-order valence-corrected chi connectivity index (χ2v) is 5.53. The van der Waals surface area contributed by atoms with Crippen LogP contribution in [0.3, 0.4) is 0 Å². The predicted molar refractivity (Wildman–Crippen MR) is 67.3 cm³/mol. The highest BCUT2D eigenvalue weighted by atomic mass is 19.3. The molecule has 1 saturated carbocycles. The highest BCUT2D eigenvalue weighted by Crippen LogP contribution is 2.34. The summed E-state index contributed by atoms with van der Waals surface area (Å²) in [5, 5.41) is 8.66. The number of halogens is 2. The summed E-state index contributed by atoms with van der Waals surface area (Å²) in [4.78, 5) is 22.2. The number of ether oxygens (including phenoxy) is 1. The van der Waals surface area contributed by atoms with Gasteiger partial charge in [-0.25, -0.2) is 8.78 Å². The molecule has 1 unspecified atom stereocenters. The Bertz CT molecular complexity index is 352. The van der Waals surface area contributed by atoms with Crippen molar-refractivity contribution in [2.75, 3.05) is 0 Å². The van der Waals surface area contributed by atoms with Gasteiger partial charge in [-0.3, -0.25) is 9.59 Å². The van der Waals surface area contributed by atoms with Crippen LogP contribution in [0.5, 0.6) is 0 Å². The molecular weight excluding hydrogens is 272 g/mol. The summed E-state index contributed by atoms with van der Waals surface area (Å²) in [5.74, 6) is -4.46. The standard InChI is InChI=1S/C13H21F2NO4/c1-8(6-10(16)12(18)19)7-11(17)20-9-2-4-13(14,15)5-3-9/h8-10H,2-7,16H2,1H3,(H,18,19)/t8?,10-/m0/s1. The van der Waals surface area contributed by atoms with Crippen LogP contribution in [0, 0.1) is 5.92 Å². The molecule has 1 fully saturated rings. The number of esters is 1. The monoisotopic (exact) mass is 293 g/mol. The number of carbonyl (C=O) groups excluding carboxylic acids is 1. The van der Waals surface area contributed by atoms with Gasteiger partial charge in [-0.05, 0) is 25.2 Å². The third kappa shape index (κ3) is 5.81. The highest BCUT2D eigenvalue weighted by Gasteiger charge is 2.36. The van der Waals surface area contributed by atoms with Crippen LogP contribution in [0.4, 0.5) is 8.78 Å². The van der Waals surface area contributed by atoms with Crippen molar-refractivity contribution in [2.24, 2.45) is 11.7 Å². The van der Waals surface area contributed by atoms with E-state index in [9.17, 15) is 18.4 Å². The number of rotatable bonds is 6. The van der Waals surface area contributed by atoms with Gasteiger partial charge in [0.15, 0.2) is 0 Å². The highest BCUT2D eigenvalue weighted by molar-refractivity contribution is 5.73. The van der Waals surface area contributed by atoms with E-state index in [2.05, 4.69) is 0 Å². The molecular formula is C13H21F2NO4. The van der Waals surface area contributed by atoms with E-state index in [1.54, 1.807) is 6.92 Å². The van der Waals surface area contributed by atoms with Crippen molar-refractivity contribution < 1.29 is 28.2 Å². The lowest BCUT2D eigenvalue weighted by atomic mass is 9.94. The number of nitrogens with two attached hydrogens (primary N) is 1. The van der Waals surface area contributed by atoms with Crippen molar-refractivity contribution >= 4 is 11.9 Å². The lowest BCUT2D eigenvalue weighted by molar-refractivity contribution is -0.156. The first kappa shape index (κ1) is 16.8. The first-order valence-corrected chi connectivity index (χ1v) is 6.75. The van der Waals surface area contributed by atoms with Gasteiger partial charge < -0.3 is 15.6 Å². The second-order valence-electron chi connectivity index (χ2n) is 5.53. The van der Waals surface area contributed by atoms with E-state index in [1.807, 2.05) is 0 Å². The molecule has 0 aliphatic heterocycles. The lowest BCUT2D eigenvalue weighted by Crippen LogP contribution is -2.33. The Hall–Kier alpha value is -1.24. The van der Waals surface area contributed by atoms with Crippen molar-refractivity contribution in [3.05, 3.63) is 0 Å². The fourth-order valence-corrected chi connectivity index (χ4v) is 2.27. The van der Waals surface area contributed by atoms with Gasteiger partial charge in [0.05, 0.1) is 0 Å². The zero-order chi connectivity index (χ0) is 15.3. The minimum atomic E-state index is -2.65. The van der Waals surface area contributed by atoms with Crippen LogP contribution in [-0.2, 0) is 14.3 Å². The molecule has 5 nitrogen and oxygen atoms in total. The van der Waals surface area contributed by atoms with E-state index in [0.29, 0.717) is 0 Å². The van der Waals surface area contributed by atoms with Crippen LogP contribution in [0.2, 0.25) is 0 Å². The zero-order valence-electron chi connectivity index (χ0n) is 11.5. The van der Waals surface area contributed by atoms with Crippen molar-refractivity contribution in [3.63, 3.8) is 0 Å². The summed E-state index contributed by atoms with van der Waals surface area (Å²) in [6, 6.07) is -1.01. The summed E-state index contributed by atoms with van der Waals surface area (Å²) in [7, 11) is 0. The number of alkyl halides is 2. The van der Waals surface area contributed by atoms with E-state index in [4.69, 9.17) is 15.6 Å². The Balaban J connectivity index is 2.28. The maximum absolute atomic E-state index is 12.9. The minimum absolute atomic E-state index is 0.0495. The topological polar surface area (TPSA) is 89.6 Å². The van der Waals surface area contributed by atoms with Gasteiger partial charge in [-0.15, -0.1) is 0 Å². The van der Waals surface area contributed by atoms with E-state index in [0.717, 1.165) is 0 Å². The molecule has 3 N–H and O–H groups in total. The van der Waals surface area contributed by atoms with Crippen LogP contribution in [0.15, 0.2) is 0 Å². The molecule has 116 valence electrons. The molecule has 0 saturated heterocycles. The number of hydrogen-bond acceptors (Lipinski definition) is 4. The van der Waals surface area contributed by atoms with Gasteiger partial charge in [0.2, 0.25) is 5.92 Å². The molecule has 7 heteroatoms. The molecule has 2 atom stereocenters. The largest absolute Gasteiger partial charge is 0.480 e. The summed E-state index contributed by atoms with van der Waals surface area (Å²) in [6.07, 6.45) is -0.415. The van der Waals surface area contributed by atoms with Crippen LogP contribution >= 0.6 is 0 Å². The molecule has 0 aromatic heterocycles. The number of carboxylic acids is 1. The molecule has 1 aliphatic rings. The smallest absolute Gasteiger partial charge is 0.320 e. The van der Waals surface area contributed by atoms with E-state index < -0.39 is 30.0 Å². The predicted octanol–water partition coefficient (Wildman–Crippen LogP) is 1.94. The quantitative estimate of drug-likeness (QED) is 0.730. The SMILES string of the molecule is CC(CC(=O)OC1CCC(F)(F)CC1)C[C@H](N)C(=O)O. The van der Waals surface area contributed by atoms with E-state index in [1.165, 1.54) is 0 Å². The van der Waals surface area contributed by atoms with Crippen molar-refractivity contribution in [3.8, 4) is 0 Å². The average Bonchev–Trinajstić information content (AvgIpc) is 2.31. The first-order valence-electron chi connectivity index (χ1n) is 6.75. The fourth-order valence-electron chi connectivity index (χ4n) is 2.27. The van der Waals surface area contributed by atoms with Gasteiger partial charge in [0.1, 0.15) is 12.1 Å². The molecule has 20 heavy (non-hydrogen) atoms. The van der Waals surface area contributed by atoms with Crippen molar-refractivity contribution in [2.45, 2.75) is 63.5 Å². The maximum Gasteiger partial charge on any atom is 0.320 e. The maximum atomic E-state index is 12.9.